The molecule has 1 heterocycles. The second-order valence-electron chi connectivity index (χ2n) is 12.7. The number of fused-ring (bicyclic) bond motifs is 5. The number of benzene rings is 1. The minimum absolute atomic E-state index is 0.0140. The van der Waals surface area contributed by atoms with Crippen LogP contribution in [0.15, 0.2) is 36.0 Å². The first-order valence-electron chi connectivity index (χ1n) is 12.9. The van der Waals surface area contributed by atoms with Crippen molar-refractivity contribution >= 4 is 17.4 Å². The molecule has 1 saturated heterocycles. The number of hydrogen-bond donors (Lipinski definition) is 2. The molecule has 4 heteroatoms. The smallest absolute Gasteiger partial charge is 0.228 e. The summed E-state index contributed by atoms with van der Waals surface area (Å²) in [5.74, 6) is 2.29. The molecule has 33 heavy (non-hydrogen) atoms. The largest absolute Gasteiger partial charge is 0.387 e. The molecule has 2 saturated carbocycles. The van der Waals surface area contributed by atoms with Crippen LogP contribution in [0, 0.1) is 34.5 Å². The van der Waals surface area contributed by atoms with E-state index in [0.717, 1.165) is 44.3 Å². The van der Waals surface area contributed by atoms with E-state index in [-0.39, 0.29) is 33.9 Å². The topological polar surface area (TPSA) is 58.2 Å². The van der Waals surface area contributed by atoms with Gasteiger partial charge in [-0.05, 0) is 72.3 Å². The van der Waals surface area contributed by atoms with Gasteiger partial charge in [-0.1, -0.05) is 52.8 Å². The Balaban J connectivity index is 1.37. The van der Waals surface area contributed by atoms with Crippen molar-refractivity contribution in [3.63, 3.8) is 0 Å². The summed E-state index contributed by atoms with van der Waals surface area (Å²) in [6, 6.07) is 8.26. The van der Waals surface area contributed by atoms with Crippen LogP contribution in [-0.4, -0.2) is 18.2 Å². The van der Waals surface area contributed by atoms with Gasteiger partial charge in [-0.25, -0.2) is 0 Å². The average molecular weight is 449 g/mol. The number of allylic oxidation sites excluding steroid dienone is 2. The number of para-hydroxylation sites is 1. The summed E-state index contributed by atoms with van der Waals surface area (Å²) in [6.45, 7) is 12.3. The molecule has 0 bridgehead atoms. The van der Waals surface area contributed by atoms with Crippen LogP contribution < -0.4 is 10.6 Å². The Labute approximate surface area is 199 Å². The summed E-state index contributed by atoms with van der Waals surface area (Å²) >= 11 is 0. The van der Waals surface area contributed by atoms with Crippen molar-refractivity contribution in [2.24, 2.45) is 34.5 Å². The monoisotopic (exact) mass is 448 g/mol. The Kier molecular flexibility index (Phi) is 5.30. The van der Waals surface area contributed by atoms with E-state index in [1.807, 2.05) is 18.2 Å². The van der Waals surface area contributed by atoms with Gasteiger partial charge in [-0.3, -0.25) is 9.59 Å². The molecule has 178 valence electrons. The number of carbonyl (C=O) groups is 2. The zero-order valence-electron chi connectivity index (χ0n) is 21.0. The zero-order valence-corrected chi connectivity index (χ0v) is 21.0. The molecule has 0 spiro atoms. The van der Waals surface area contributed by atoms with Crippen LogP contribution in [0.5, 0.6) is 0 Å². The lowest BCUT2D eigenvalue weighted by Gasteiger charge is -2.58. The van der Waals surface area contributed by atoms with E-state index >= 15 is 0 Å². The first kappa shape index (κ1) is 22.7. The van der Waals surface area contributed by atoms with Crippen molar-refractivity contribution in [2.75, 3.05) is 11.9 Å². The standard InChI is InChI=1S/C29H40N2O2/c1-27(2,3)22-8-6-7-9-24(22)31-26(33)23-11-10-20-19-17-30-25-16-18(32)12-14-29(25,5)21(19)13-15-28(20,23)4/h6-9,16,19-21,23,30H,10-15,17H2,1-5H3,(H,31,33)/t19?,20?,21?,23-,28+,29-/m1/s1. The van der Waals surface area contributed by atoms with E-state index < -0.39 is 0 Å². The number of carbonyl (C=O) groups excluding carboxylic acids is 2. The molecule has 2 N–H and O–H groups in total. The predicted octanol–water partition coefficient (Wildman–Crippen LogP) is 5.84. The molecule has 6 atom stereocenters. The maximum Gasteiger partial charge on any atom is 0.228 e. The van der Waals surface area contributed by atoms with Crippen LogP contribution in [0.1, 0.15) is 78.7 Å². The van der Waals surface area contributed by atoms with E-state index in [9.17, 15) is 9.59 Å². The Hall–Kier alpha value is -2.10. The maximum atomic E-state index is 13.7. The molecule has 3 unspecified atom stereocenters. The number of rotatable bonds is 2. The molecule has 5 rings (SSSR count). The molecular formula is C29H40N2O2. The van der Waals surface area contributed by atoms with Gasteiger partial charge in [0.05, 0.1) is 0 Å². The Morgan fingerprint density at radius 1 is 1.06 bits per heavy atom. The second kappa shape index (κ2) is 7.71. The van der Waals surface area contributed by atoms with Crippen molar-refractivity contribution in [2.45, 2.75) is 78.6 Å². The van der Waals surface area contributed by atoms with Gasteiger partial charge in [0.2, 0.25) is 5.91 Å². The van der Waals surface area contributed by atoms with Gasteiger partial charge < -0.3 is 10.6 Å². The van der Waals surface area contributed by atoms with E-state index in [0.29, 0.717) is 24.2 Å². The predicted molar refractivity (Wildman–Crippen MR) is 133 cm³/mol. The van der Waals surface area contributed by atoms with Crippen LogP contribution in [0.2, 0.25) is 0 Å². The molecule has 4 nitrogen and oxygen atoms in total. The first-order valence-corrected chi connectivity index (χ1v) is 12.9. The summed E-state index contributed by atoms with van der Waals surface area (Å²) in [6.07, 6.45) is 7.88. The van der Waals surface area contributed by atoms with Crippen LogP contribution in [0.25, 0.3) is 0 Å². The SMILES string of the molecule is CC(C)(C)c1ccccc1NC(=O)[C@H]1CCC2C3CNC4=CC(=O)CC[C@]4(C)C3CC[C@@]21C. The lowest BCUT2D eigenvalue weighted by molar-refractivity contribution is -0.127. The van der Waals surface area contributed by atoms with Gasteiger partial charge in [0.25, 0.3) is 0 Å². The summed E-state index contributed by atoms with van der Waals surface area (Å²) in [5, 5.41) is 7.01. The Morgan fingerprint density at radius 2 is 1.82 bits per heavy atom. The maximum absolute atomic E-state index is 13.7. The van der Waals surface area contributed by atoms with E-state index in [2.05, 4.69) is 57.4 Å². The van der Waals surface area contributed by atoms with Crippen molar-refractivity contribution in [3.8, 4) is 0 Å². The van der Waals surface area contributed by atoms with E-state index in [1.165, 1.54) is 11.3 Å². The van der Waals surface area contributed by atoms with Gasteiger partial charge in [0.1, 0.15) is 0 Å². The summed E-state index contributed by atoms with van der Waals surface area (Å²) < 4.78 is 0. The number of ketones is 1. The third-order valence-corrected chi connectivity index (χ3v) is 9.90. The Bertz CT molecular complexity index is 1010. The normalized spacial score (nSPS) is 37.8. The third kappa shape index (κ3) is 3.56. The highest BCUT2D eigenvalue weighted by Crippen LogP contribution is 2.64. The van der Waals surface area contributed by atoms with Gasteiger partial charge in [-0.15, -0.1) is 0 Å². The summed E-state index contributed by atoms with van der Waals surface area (Å²) in [5.41, 5.74) is 3.45. The van der Waals surface area contributed by atoms with Gasteiger partial charge in [-0.2, -0.15) is 0 Å². The molecule has 3 fully saturated rings. The van der Waals surface area contributed by atoms with Crippen LogP contribution >= 0.6 is 0 Å². The minimum atomic E-state index is -0.0140. The molecular weight excluding hydrogens is 408 g/mol. The number of hydrogen-bond acceptors (Lipinski definition) is 3. The van der Waals surface area contributed by atoms with Crippen LogP contribution in [0.4, 0.5) is 5.69 Å². The number of anilines is 1. The quantitative estimate of drug-likeness (QED) is 0.598. The van der Waals surface area contributed by atoms with Gasteiger partial charge in [0, 0.05) is 41.8 Å². The number of amides is 1. The fourth-order valence-electron chi connectivity index (χ4n) is 8.04. The summed E-state index contributed by atoms with van der Waals surface area (Å²) in [4.78, 5) is 25.7. The molecule has 1 amide bonds. The summed E-state index contributed by atoms with van der Waals surface area (Å²) in [7, 11) is 0. The van der Waals surface area contributed by atoms with Crippen LogP contribution in [0.3, 0.4) is 0 Å². The molecule has 1 aromatic rings. The average Bonchev–Trinajstić information content (AvgIpc) is 3.11. The second-order valence-corrected chi connectivity index (χ2v) is 12.7. The number of nitrogens with one attached hydrogen (secondary N) is 2. The van der Waals surface area contributed by atoms with Crippen molar-refractivity contribution < 1.29 is 9.59 Å². The molecule has 0 radical (unpaired) electrons. The lowest BCUT2D eigenvalue weighted by Crippen LogP contribution is -2.57. The van der Waals surface area contributed by atoms with Gasteiger partial charge in [0.15, 0.2) is 5.78 Å². The fourth-order valence-corrected chi connectivity index (χ4v) is 8.04. The number of piperidine rings is 1. The lowest BCUT2D eigenvalue weighted by atomic mass is 9.50. The highest BCUT2D eigenvalue weighted by molar-refractivity contribution is 5.94. The van der Waals surface area contributed by atoms with Crippen LogP contribution in [-0.2, 0) is 15.0 Å². The minimum Gasteiger partial charge on any atom is -0.387 e. The highest BCUT2D eigenvalue weighted by Gasteiger charge is 2.60. The van der Waals surface area contributed by atoms with Gasteiger partial charge >= 0.3 is 0 Å². The van der Waals surface area contributed by atoms with Crippen molar-refractivity contribution in [3.05, 3.63) is 41.6 Å². The Morgan fingerprint density at radius 3 is 2.58 bits per heavy atom. The fraction of sp³-hybridized carbons (Fsp3) is 0.655. The van der Waals surface area contributed by atoms with Crippen molar-refractivity contribution in [1.82, 2.24) is 5.32 Å². The van der Waals surface area contributed by atoms with E-state index in [4.69, 9.17) is 0 Å². The molecule has 1 aliphatic heterocycles. The highest BCUT2D eigenvalue weighted by atomic mass is 16.2. The molecule has 0 aromatic heterocycles. The van der Waals surface area contributed by atoms with E-state index in [1.54, 1.807) is 0 Å². The zero-order chi connectivity index (χ0) is 23.6. The first-order chi connectivity index (χ1) is 15.5. The third-order valence-electron chi connectivity index (χ3n) is 9.90. The van der Waals surface area contributed by atoms with Crippen molar-refractivity contribution in [1.29, 1.82) is 0 Å². The molecule has 3 aliphatic carbocycles. The molecule has 4 aliphatic rings. The molecule has 1 aromatic carbocycles.